The Labute approximate surface area is 45.4 Å². The highest BCUT2D eigenvalue weighted by atomic mass is 35.5. The lowest BCUT2D eigenvalue weighted by Gasteiger charge is -1.77. The number of hydrogen-bond donors (Lipinski definition) is 0. The minimum absolute atomic E-state index is 0.322. The van der Waals surface area contributed by atoms with Crippen molar-refractivity contribution in [2.45, 2.75) is 0 Å². The first-order valence-electron chi connectivity index (χ1n) is 1.68. The maximum absolute atomic E-state index is 5.30. The van der Waals surface area contributed by atoms with E-state index in [1.165, 1.54) is 12.5 Å². The molecule has 1 rings (SSSR count). The van der Waals surface area contributed by atoms with Crippen molar-refractivity contribution in [3.05, 3.63) is 17.7 Å². The van der Waals surface area contributed by atoms with E-state index in [2.05, 4.69) is 15.2 Å². The summed E-state index contributed by atoms with van der Waals surface area (Å²) in [6.07, 6.45) is 2.75. The lowest BCUT2D eigenvalue weighted by atomic mass is 10.9. The normalized spacial score (nSPS) is 8.71. The Balaban J connectivity index is 3.02. The van der Waals surface area contributed by atoms with Crippen LogP contribution in [0.1, 0.15) is 0 Å². The predicted molar refractivity (Wildman–Crippen MR) is 24.8 cm³/mol. The zero-order chi connectivity index (χ0) is 5.11. The van der Waals surface area contributed by atoms with E-state index >= 15 is 0 Å². The second-order valence-corrected chi connectivity index (χ2v) is 1.32. The number of rotatable bonds is 0. The molecule has 7 heavy (non-hydrogen) atoms. The maximum atomic E-state index is 5.30. The minimum atomic E-state index is 0.322. The zero-order valence-electron chi connectivity index (χ0n) is 3.37. The van der Waals surface area contributed by atoms with Crippen LogP contribution in [0, 0.1) is 0 Å². The molecule has 0 amide bonds. The van der Waals surface area contributed by atoms with Gasteiger partial charge in [0.2, 0.25) is 0 Å². The van der Waals surface area contributed by atoms with Crippen molar-refractivity contribution in [2.24, 2.45) is 0 Å². The third-order valence-electron chi connectivity index (χ3n) is 0.453. The molecule has 0 N–H and O–H groups in total. The first-order chi connectivity index (χ1) is 3.39. The zero-order valence-corrected chi connectivity index (χ0v) is 4.13. The fourth-order valence-corrected chi connectivity index (χ4v) is 0.331. The number of halogens is 1. The van der Waals surface area contributed by atoms with Gasteiger partial charge in [0, 0.05) is 0 Å². The summed E-state index contributed by atoms with van der Waals surface area (Å²) in [5, 5.41) is 7.15. The summed E-state index contributed by atoms with van der Waals surface area (Å²) in [7, 11) is 0. The summed E-state index contributed by atoms with van der Waals surface area (Å²) in [4.78, 5) is 3.58. The van der Waals surface area contributed by atoms with Gasteiger partial charge in [-0.1, -0.05) is 11.6 Å². The summed E-state index contributed by atoms with van der Waals surface area (Å²) in [6, 6.07) is 0. The Morgan fingerprint density at radius 2 is 2.43 bits per heavy atom. The number of nitrogens with zero attached hydrogens (tertiary/aromatic N) is 3. The molecule has 36 valence electrons. The van der Waals surface area contributed by atoms with Crippen LogP contribution in [-0.4, -0.2) is 15.2 Å². The van der Waals surface area contributed by atoms with Crippen molar-refractivity contribution in [1.82, 2.24) is 15.2 Å². The molecule has 0 atom stereocenters. The second kappa shape index (κ2) is 1.84. The van der Waals surface area contributed by atoms with E-state index in [1.54, 1.807) is 0 Å². The molecule has 0 fully saturated rings. The van der Waals surface area contributed by atoms with Crippen molar-refractivity contribution in [3.8, 4) is 0 Å². The van der Waals surface area contributed by atoms with Gasteiger partial charge in [-0.2, -0.15) is 0 Å². The molecule has 0 bridgehead atoms. The first-order valence-corrected chi connectivity index (χ1v) is 2.05. The first kappa shape index (κ1) is 4.46. The monoisotopic (exact) mass is 115 g/mol. The summed E-state index contributed by atoms with van der Waals surface area (Å²) in [5.74, 6) is 0. The SMILES string of the molecule is Clc1cncnn1. The Bertz CT molecular complexity index is 140. The van der Waals surface area contributed by atoms with Gasteiger partial charge in [0.1, 0.15) is 6.33 Å². The van der Waals surface area contributed by atoms with Gasteiger partial charge in [0.25, 0.3) is 0 Å². The molecule has 1 aromatic rings. The van der Waals surface area contributed by atoms with Crippen LogP contribution in [0.2, 0.25) is 5.15 Å². The van der Waals surface area contributed by atoms with Crippen LogP contribution < -0.4 is 0 Å². The highest BCUT2D eigenvalue weighted by molar-refractivity contribution is 6.29. The molecule has 0 unspecified atom stereocenters. The van der Waals surface area contributed by atoms with E-state index in [-0.39, 0.29) is 0 Å². The predicted octanol–water partition coefficient (Wildman–Crippen LogP) is 0.525. The lowest BCUT2D eigenvalue weighted by molar-refractivity contribution is 0.969. The van der Waals surface area contributed by atoms with E-state index in [4.69, 9.17) is 11.6 Å². The van der Waals surface area contributed by atoms with E-state index in [9.17, 15) is 0 Å². The van der Waals surface area contributed by atoms with Gasteiger partial charge in [-0.05, 0) is 0 Å². The third kappa shape index (κ3) is 1.08. The largest absolute Gasteiger partial charge is 0.240 e. The van der Waals surface area contributed by atoms with Crippen LogP contribution in [0.25, 0.3) is 0 Å². The number of hydrogen-bond acceptors (Lipinski definition) is 3. The standard InChI is InChI=1S/C3H2ClN3/c4-3-1-5-2-6-7-3/h1-2H. The van der Waals surface area contributed by atoms with Crippen molar-refractivity contribution in [2.75, 3.05) is 0 Å². The van der Waals surface area contributed by atoms with Crippen LogP contribution in [0.15, 0.2) is 12.5 Å². The Kier molecular flexibility index (Phi) is 1.17. The Morgan fingerprint density at radius 1 is 1.57 bits per heavy atom. The van der Waals surface area contributed by atoms with Crippen molar-refractivity contribution >= 4 is 11.6 Å². The molecule has 0 aliphatic rings. The lowest BCUT2D eigenvalue weighted by Crippen LogP contribution is -1.79. The molecular formula is C3H2ClN3. The molecule has 4 heteroatoms. The van der Waals surface area contributed by atoms with Crippen LogP contribution in [-0.2, 0) is 0 Å². The topological polar surface area (TPSA) is 38.7 Å². The highest BCUT2D eigenvalue weighted by Gasteiger charge is 1.79. The van der Waals surface area contributed by atoms with Gasteiger partial charge in [-0.3, -0.25) is 0 Å². The maximum Gasteiger partial charge on any atom is 0.169 e. The minimum Gasteiger partial charge on any atom is -0.240 e. The molecule has 0 aromatic carbocycles. The molecule has 1 heterocycles. The second-order valence-electron chi connectivity index (χ2n) is 0.932. The molecule has 0 saturated heterocycles. The Morgan fingerprint density at radius 3 is 2.71 bits per heavy atom. The average Bonchev–Trinajstić information content (AvgIpc) is 1.69. The third-order valence-corrected chi connectivity index (χ3v) is 0.626. The van der Waals surface area contributed by atoms with Gasteiger partial charge in [0.15, 0.2) is 5.15 Å². The molecule has 0 aliphatic carbocycles. The molecular weight excluding hydrogens is 114 g/mol. The van der Waals surface area contributed by atoms with Crippen LogP contribution in [0.3, 0.4) is 0 Å². The summed E-state index contributed by atoms with van der Waals surface area (Å²) in [6.45, 7) is 0. The van der Waals surface area contributed by atoms with Crippen molar-refractivity contribution < 1.29 is 0 Å². The van der Waals surface area contributed by atoms with E-state index < -0.39 is 0 Å². The fraction of sp³-hybridized carbons (Fsp3) is 0. The summed E-state index contributed by atoms with van der Waals surface area (Å²) >= 11 is 5.30. The van der Waals surface area contributed by atoms with Gasteiger partial charge in [0.05, 0.1) is 6.20 Å². The highest BCUT2D eigenvalue weighted by Crippen LogP contribution is 1.93. The molecule has 0 radical (unpaired) electrons. The number of aromatic nitrogens is 3. The van der Waals surface area contributed by atoms with Gasteiger partial charge < -0.3 is 0 Å². The van der Waals surface area contributed by atoms with Gasteiger partial charge in [-0.25, -0.2) is 4.98 Å². The van der Waals surface area contributed by atoms with Crippen LogP contribution >= 0.6 is 11.6 Å². The summed E-state index contributed by atoms with van der Waals surface area (Å²) < 4.78 is 0. The molecule has 0 saturated carbocycles. The van der Waals surface area contributed by atoms with Crippen molar-refractivity contribution in [3.63, 3.8) is 0 Å². The van der Waals surface area contributed by atoms with E-state index in [0.717, 1.165) is 0 Å². The van der Waals surface area contributed by atoms with Gasteiger partial charge in [-0.15, -0.1) is 10.2 Å². The van der Waals surface area contributed by atoms with Crippen LogP contribution in [0.4, 0.5) is 0 Å². The van der Waals surface area contributed by atoms with Crippen molar-refractivity contribution in [1.29, 1.82) is 0 Å². The van der Waals surface area contributed by atoms with Gasteiger partial charge >= 0.3 is 0 Å². The molecule has 3 nitrogen and oxygen atoms in total. The van der Waals surface area contributed by atoms with E-state index in [1.807, 2.05) is 0 Å². The van der Waals surface area contributed by atoms with E-state index in [0.29, 0.717) is 5.15 Å². The Hall–Kier alpha value is -0.700. The van der Waals surface area contributed by atoms with Crippen LogP contribution in [0.5, 0.6) is 0 Å². The molecule has 1 aromatic heterocycles. The fourth-order valence-electron chi connectivity index (χ4n) is 0.231. The smallest absolute Gasteiger partial charge is 0.169 e. The molecule has 0 spiro atoms. The quantitative estimate of drug-likeness (QED) is 0.495. The average molecular weight is 116 g/mol. The summed E-state index contributed by atoms with van der Waals surface area (Å²) in [5.41, 5.74) is 0. The molecule has 0 aliphatic heterocycles.